The molecule has 14 heavy (non-hydrogen) atoms. The van der Waals surface area contributed by atoms with Gasteiger partial charge >= 0.3 is 0 Å². The van der Waals surface area contributed by atoms with Crippen molar-refractivity contribution >= 4 is 32.8 Å². The predicted molar refractivity (Wildman–Crippen MR) is 62.4 cm³/mol. The van der Waals surface area contributed by atoms with E-state index in [1.54, 1.807) is 22.7 Å². The number of aromatic nitrogens is 1. The first kappa shape index (κ1) is 9.64. The molecule has 0 atom stereocenters. The molecule has 3 nitrogen and oxygen atoms in total. The number of hydrogen-bond donors (Lipinski definition) is 1. The molecule has 0 radical (unpaired) electrons. The molecule has 0 bridgehead atoms. The first-order valence-corrected chi connectivity index (χ1v) is 5.93. The normalized spacial score (nSPS) is 10.4. The van der Waals surface area contributed by atoms with Crippen LogP contribution in [0.1, 0.15) is 4.88 Å². The van der Waals surface area contributed by atoms with E-state index in [1.165, 1.54) is 5.00 Å². The van der Waals surface area contributed by atoms with Gasteiger partial charge in [0.2, 0.25) is 0 Å². The standard InChI is InChI=1S/C9H11N3S2/c1-12(8-3-2-4-13-8)9-11-6-7(5-10)14-9/h2-4,6H,5,10H2,1H3. The molecule has 0 aliphatic rings. The van der Waals surface area contributed by atoms with Gasteiger partial charge in [0.1, 0.15) is 0 Å². The molecule has 2 aromatic rings. The van der Waals surface area contributed by atoms with Crippen molar-refractivity contribution in [2.75, 3.05) is 11.9 Å². The summed E-state index contributed by atoms with van der Waals surface area (Å²) in [6, 6.07) is 4.11. The maximum absolute atomic E-state index is 5.54. The smallest absolute Gasteiger partial charge is 0.190 e. The third-order valence-electron chi connectivity index (χ3n) is 1.87. The molecule has 0 aromatic carbocycles. The summed E-state index contributed by atoms with van der Waals surface area (Å²) < 4.78 is 0. The van der Waals surface area contributed by atoms with Crippen LogP contribution in [-0.4, -0.2) is 12.0 Å². The van der Waals surface area contributed by atoms with E-state index in [2.05, 4.69) is 21.3 Å². The van der Waals surface area contributed by atoms with Crippen molar-refractivity contribution in [3.05, 3.63) is 28.6 Å². The molecule has 0 saturated carbocycles. The first-order chi connectivity index (χ1) is 6.81. The molecule has 0 fully saturated rings. The second-order valence-corrected chi connectivity index (χ2v) is 4.84. The zero-order valence-electron chi connectivity index (χ0n) is 7.80. The Bertz CT molecular complexity index is 394. The van der Waals surface area contributed by atoms with Gasteiger partial charge in [-0.3, -0.25) is 0 Å². The van der Waals surface area contributed by atoms with Gasteiger partial charge < -0.3 is 10.6 Å². The SMILES string of the molecule is CN(c1cccs1)c1ncc(CN)s1. The molecule has 0 amide bonds. The van der Waals surface area contributed by atoms with Gasteiger partial charge in [0.25, 0.3) is 0 Å². The Kier molecular flexibility index (Phi) is 2.81. The molecule has 74 valence electrons. The summed E-state index contributed by atoms with van der Waals surface area (Å²) in [6.07, 6.45) is 1.84. The molecular formula is C9H11N3S2. The topological polar surface area (TPSA) is 42.2 Å². The number of hydrogen-bond acceptors (Lipinski definition) is 5. The third kappa shape index (κ3) is 1.79. The van der Waals surface area contributed by atoms with Crippen LogP contribution >= 0.6 is 22.7 Å². The van der Waals surface area contributed by atoms with E-state index < -0.39 is 0 Å². The van der Waals surface area contributed by atoms with Gasteiger partial charge in [-0.15, -0.1) is 22.7 Å². The van der Waals surface area contributed by atoms with Crippen molar-refractivity contribution in [1.82, 2.24) is 4.98 Å². The van der Waals surface area contributed by atoms with Crippen molar-refractivity contribution in [3.63, 3.8) is 0 Å². The Morgan fingerprint density at radius 2 is 2.43 bits per heavy atom. The van der Waals surface area contributed by atoms with Crippen LogP contribution in [0.25, 0.3) is 0 Å². The van der Waals surface area contributed by atoms with Crippen LogP contribution in [0.4, 0.5) is 10.1 Å². The minimum atomic E-state index is 0.565. The second-order valence-electron chi connectivity index (χ2n) is 2.82. The molecule has 2 aromatic heterocycles. The summed E-state index contributed by atoms with van der Waals surface area (Å²) in [5.74, 6) is 0. The molecular weight excluding hydrogens is 214 g/mol. The van der Waals surface area contributed by atoms with Gasteiger partial charge in [0.05, 0.1) is 5.00 Å². The lowest BCUT2D eigenvalue weighted by atomic mass is 10.6. The number of thiazole rings is 1. The van der Waals surface area contributed by atoms with Crippen LogP contribution in [0.2, 0.25) is 0 Å². The lowest BCUT2D eigenvalue weighted by molar-refractivity contribution is 1.09. The number of nitrogens with zero attached hydrogens (tertiary/aromatic N) is 2. The maximum atomic E-state index is 5.54. The monoisotopic (exact) mass is 225 g/mol. The lowest BCUT2D eigenvalue weighted by Gasteiger charge is -2.12. The summed E-state index contributed by atoms with van der Waals surface area (Å²) in [7, 11) is 2.02. The Labute approximate surface area is 90.8 Å². The Morgan fingerprint density at radius 3 is 3.00 bits per heavy atom. The highest BCUT2D eigenvalue weighted by molar-refractivity contribution is 7.17. The second kappa shape index (κ2) is 4.08. The van der Waals surface area contributed by atoms with Gasteiger partial charge in [0, 0.05) is 24.7 Å². The van der Waals surface area contributed by atoms with Gasteiger partial charge in [-0.2, -0.15) is 0 Å². The molecule has 0 aliphatic heterocycles. The van der Waals surface area contributed by atoms with Gasteiger partial charge in [-0.05, 0) is 17.5 Å². The zero-order valence-corrected chi connectivity index (χ0v) is 9.44. The van der Waals surface area contributed by atoms with Crippen molar-refractivity contribution < 1.29 is 0 Å². The Balaban J connectivity index is 2.23. The van der Waals surface area contributed by atoms with Crippen LogP contribution in [0.3, 0.4) is 0 Å². The van der Waals surface area contributed by atoms with Crippen LogP contribution in [-0.2, 0) is 6.54 Å². The van der Waals surface area contributed by atoms with Gasteiger partial charge in [-0.25, -0.2) is 4.98 Å². The number of rotatable bonds is 3. The lowest BCUT2D eigenvalue weighted by Crippen LogP contribution is -2.06. The Hall–Kier alpha value is -0.910. The quantitative estimate of drug-likeness (QED) is 0.872. The van der Waals surface area contributed by atoms with Crippen LogP contribution in [0.5, 0.6) is 0 Å². The van der Waals surface area contributed by atoms with Crippen LogP contribution in [0.15, 0.2) is 23.7 Å². The Morgan fingerprint density at radius 1 is 1.57 bits per heavy atom. The van der Waals surface area contributed by atoms with E-state index >= 15 is 0 Å². The van der Waals surface area contributed by atoms with E-state index in [9.17, 15) is 0 Å². The highest BCUT2D eigenvalue weighted by Crippen LogP contribution is 2.30. The molecule has 2 heterocycles. The van der Waals surface area contributed by atoms with Crippen molar-refractivity contribution in [3.8, 4) is 0 Å². The van der Waals surface area contributed by atoms with E-state index in [0.29, 0.717) is 6.54 Å². The number of nitrogens with two attached hydrogens (primary N) is 1. The van der Waals surface area contributed by atoms with Gasteiger partial charge in [-0.1, -0.05) is 0 Å². The van der Waals surface area contributed by atoms with E-state index in [-0.39, 0.29) is 0 Å². The molecule has 0 aliphatic carbocycles. The summed E-state index contributed by atoms with van der Waals surface area (Å²) in [5.41, 5.74) is 5.54. The minimum Gasteiger partial charge on any atom is -0.326 e. The predicted octanol–water partition coefficient (Wildman–Crippen LogP) is 2.43. The van der Waals surface area contributed by atoms with Gasteiger partial charge in [0.15, 0.2) is 5.13 Å². The number of anilines is 2. The van der Waals surface area contributed by atoms with Crippen LogP contribution < -0.4 is 10.6 Å². The van der Waals surface area contributed by atoms with Crippen LogP contribution in [0, 0.1) is 0 Å². The third-order valence-corrected chi connectivity index (χ3v) is 3.91. The van der Waals surface area contributed by atoms with E-state index in [1.807, 2.05) is 19.3 Å². The highest BCUT2D eigenvalue weighted by atomic mass is 32.1. The minimum absolute atomic E-state index is 0.565. The largest absolute Gasteiger partial charge is 0.326 e. The first-order valence-electron chi connectivity index (χ1n) is 4.23. The summed E-state index contributed by atoms with van der Waals surface area (Å²) in [4.78, 5) is 7.51. The zero-order chi connectivity index (χ0) is 9.97. The summed E-state index contributed by atoms with van der Waals surface area (Å²) >= 11 is 3.34. The molecule has 2 rings (SSSR count). The number of thiophene rings is 1. The molecule has 0 unspecified atom stereocenters. The fraction of sp³-hybridized carbons (Fsp3) is 0.222. The van der Waals surface area contributed by atoms with Crippen molar-refractivity contribution in [2.45, 2.75) is 6.54 Å². The average Bonchev–Trinajstić information content (AvgIpc) is 2.88. The molecule has 2 N–H and O–H groups in total. The highest BCUT2D eigenvalue weighted by Gasteiger charge is 2.08. The fourth-order valence-corrected chi connectivity index (χ4v) is 2.62. The summed E-state index contributed by atoms with van der Waals surface area (Å²) in [6.45, 7) is 0.565. The fourth-order valence-electron chi connectivity index (χ4n) is 1.10. The van der Waals surface area contributed by atoms with Crippen molar-refractivity contribution in [1.29, 1.82) is 0 Å². The average molecular weight is 225 g/mol. The van der Waals surface area contributed by atoms with Crippen molar-refractivity contribution in [2.24, 2.45) is 5.73 Å². The molecule has 0 saturated heterocycles. The maximum Gasteiger partial charge on any atom is 0.190 e. The summed E-state index contributed by atoms with van der Waals surface area (Å²) in [5, 5.41) is 4.25. The van der Waals surface area contributed by atoms with E-state index in [0.717, 1.165) is 10.0 Å². The molecule has 5 heteroatoms. The molecule has 0 spiro atoms. The van der Waals surface area contributed by atoms with E-state index in [4.69, 9.17) is 5.73 Å².